The fraction of sp³-hybridized carbons (Fsp3) is 0.360. The van der Waals surface area contributed by atoms with Crippen molar-refractivity contribution in [1.82, 2.24) is 24.7 Å². The van der Waals surface area contributed by atoms with Crippen LogP contribution in [-0.4, -0.2) is 58.0 Å². The first-order chi connectivity index (χ1) is 15.1. The number of hydrogen-bond donors (Lipinski definition) is 1. The van der Waals surface area contributed by atoms with Crippen LogP contribution in [-0.2, 0) is 11.8 Å². The second kappa shape index (κ2) is 9.90. The topological polar surface area (TPSA) is 53.4 Å². The molecule has 0 radical (unpaired) electrons. The Morgan fingerprint density at radius 3 is 2.16 bits per heavy atom. The number of benzene rings is 2. The highest BCUT2D eigenvalue weighted by Crippen LogP contribution is 2.28. The van der Waals surface area contributed by atoms with E-state index in [4.69, 9.17) is 0 Å². The summed E-state index contributed by atoms with van der Waals surface area (Å²) in [5.41, 5.74) is 2.38. The largest absolute Gasteiger partial charge is 0.348 e. The molecule has 2 atom stereocenters. The fourth-order valence-corrected chi connectivity index (χ4v) is 4.29. The third kappa shape index (κ3) is 5.21. The number of aryl methyl sites for hydroxylation is 1. The standard InChI is InChI=1S/C25H31N5O/c1-20(21-9-5-3-6-10-21)27-23(31)19-29-15-17-30(18-16-29)24(22-11-7-4-8-12-22)25-26-13-14-28(25)2/h3-14,20,24H,15-19H2,1-2H3,(H,27,31). The van der Waals surface area contributed by atoms with Crippen molar-refractivity contribution < 1.29 is 4.79 Å². The zero-order valence-electron chi connectivity index (χ0n) is 18.3. The summed E-state index contributed by atoms with van der Waals surface area (Å²) in [7, 11) is 2.05. The Morgan fingerprint density at radius 2 is 1.58 bits per heavy atom. The summed E-state index contributed by atoms with van der Waals surface area (Å²) >= 11 is 0. The van der Waals surface area contributed by atoms with Gasteiger partial charge in [0.05, 0.1) is 18.6 Å². The van der Waals surface area contributed by atoms with Gasteiger partial charge in [0.25, 0.3) is 0 Å². The van der Waals surface area contributed by atoms with Crippen molar-refractivity contribution in [2.24, 2.45) is 7.05 Å². The summed E-state index contributed by atoms with van der Waals surface area (Å²) in [6.45, 7) is 5.98. The minimum Gasteiger partial charge on any atom is -0.348 e. The van der Waals surface area contributed by atoms with E-state index in [9.17, 15) is 4.79 Å². The van der Waals surface area contributed by atoms with Gasteiger partial charge in [-0.3, -0.25) is 14.6 Å². The van der Waals surface area contributed by atoms with Crippen molar-refractivity contribution >= 4 is 5.91 Å². The molecule has 4 rings (SSSR count). The summed E-state index contributed by atoms with van der Waals surface area (Å²) in [4.78, 5) is 21.9. The molecular weight excluding hydrogens is 386 g/mol. The Labute approximate surface area is 184 Å². The summed E-state index contributed by atoms with van der Waals surface area (Å²) in [5, 5.41) is 3.13. The fourth-order valence-electron chi connectivity index (χ4n) is 4.29. The maximum absolute atomic E-state index is 12.6. The molecule has 1 aromatic heterocycles. The molecular formula is C25H31N5O. The summed E-state index contributed by atoms with van der Waals surface area (Å²) in [6, 6.07) is 20.8. The van der Waals surface area contributed by atoms with E-state index in [0.717, 1.165) is 37.6 Å². The van der Waals surface area contributed by atoms with Crippen LogP contribution in [0.25, 0.3) is 0 Å². The maximum Gasteiger partial charge on any atom is 0.234 e. The summed E-state index contributed by atoms with van der Waals surface area (Å²) < 4.78 is 2.10. The highest BCUT2D eigenvalue weighted by molar-refractivity contribution is 5.78. The van der Waals surface area contributed by atoms with Gasteiger partial charge in [-0.15, -0.1) is 0 Å². The zero-order valence-corrected chi connectivity index (χ0v) is 18.3. The number of aromatic nitrogens is 2. The molecule has 1 amide bonds. The van der Waals surface area contributed by atoms with Gasteiger partial charge in [-0.25, -0.2) is 4.98 Å². The van der Waals surface area contributed by atoms with Crippen LogP contribution in [0, 0.1) is 0 Å². The van der Waals surface area contributed by atoms with Crippen LogP contribution in [0.5, 0.6) is 0 Å². The van der Waals surface area contributed by atoms with E-state index in [1.165, 1.54) is 5.56 Å². The lowest BCUT2D eigenvalue weighted by molar-refractivity contribution is -0.123. The first-order valence-electron chi connectivity index (χ1n) is 10.9. The molecule has 6 nitrogen and oxygen atoms in total. The SMILES string of the molecule is CC(NC(=O)CN1CCN(C(c2ccccc2)c2nccn2C)CC1)c1ccccc1. The van der Waals surface area contributed by atoms with Crippen LogP contribution in [0.3, 0.4) is 0 Å². The average molecular weight is 418 g/mol. The molecule has 31 heavy (non-hydrogen) atoms. The molecule has 162 valence electrons. The molecule has 1 aliphatic heterocycles. The van der Waals surface area contributed by atoms with Gasteiger partial charge in [0.1, 0.15) is 5.82 Å². The molecule has 6 heteroatoms. The Bertz CT molecular complexity index is 964. The number of nitrogens with zero attached hydrogens (tertiary/aromatic N) is 4. The van der Waals surface area contributed by atoms with Gasteiger partial charge in [-0.1, -0.05) is 60.7 Å². The van der Waals surface area contributed by atoms with Crippen molar-refractivity contribution in [3.8, 4) is 0 Å². The predicted molar refractivity (Wildman–Crippen MR) is 123 cm³/mol. The van der Waals surface area contributed by atoms with Gasteiger partial charge < -0.3 is 9.88 Å². The molecule has 2 unspecified atom stereocenters. The quantitative estimate of drug-likeness (QED) is 0.642. The first-order valence-corrected chi connectivity index (χ1v) is 10.9. The van der Waals surface area contributed by atoms with Crippen LogP contribution in [0.1, 0.15) is 36.0 Å². The molecule has 3 aromatic rings. The number of rotatable bonds is 7. The van der Waals surface area contributed by atoms with E-state index in [1.54, 1.807) is 0 Å². The molecule has 2 heterocycles. The van der Waals surface area contributed by atoms with E-state index in [0.29, 0.717) is 6.54 Å². The third-order valence-corrected chi connectivity index (χ3v) is 6.03. The van der Waals surface area contributed by atoms with Gasteiger partial charge in [0, 0.05) is 45.6 Å². The van der Waals surface area contributed by atoms with Crippen molar-refractivity contribution in [3.05, 3.63) is 90.0 Å². The molecule has 1 saturated heterocycles. The summed E-state index contributed by atoms with van der Waals surface area (Å²) in [5.74, 6) is 1.13. The molecule has 1 fully saturated rings. The second-order valence-corrected chi connectivity index (χ2v) is 8.22. The lowest BCUT2D eigenvalue weighted by atomic mass is 10.0. The normalized spacial score (nSPS) is 17.2. The van der Waals surface area contributed by atoms with Crippen molar-refractivity contribution in [2.45, 2.75) is 19.0 Å². The lowest BCUT2D eigenvalue weighted by Crippen LogP contribution is -2.50. The monoisotopic (exact) mass is 417 g/mol. The minimum atomic E-state index is 0.0147. The predicted octanol–water partition coefficient (Wildman–Crippen LogP) is 3.00. The van der Waals surface area contributed by atoms with Gasteiger partial charge in [-0.05, 0) is 18.1 Å². The van der Waals surface area contributed by atoms with Gasteiger partial charge in [0.2, 0.25) is 5.91 Å². The summed E-state index contributed by atoms with van der Waals surface area (Å²) in [6.07, 6.45) is 3.86. The minimum absolute atomic E-state index is 0.0147. The van der Waals surface area contributed by atoms with Crippen LogP contribution in [0.15, 0.2) is 73.1 Å². The Balaban J connectivity index is 1.36. The number of amides is 1. The van der Waals surface area contributed by atoms with Crippen molar-refractivity contribution in [3.63, 3.8) is 0 Å². The number of carbonyl (C=O) groups is 1. The van der Waals surface area contributed by atoms with Gasteiger partial charge in [0.15, 0.2) is 0 Å². The molecule has 2 aromatic carbocycles. The Morgan fingerprint density at radius 1 is 0.968 bits per heavy atom. The van der Waals surface area contributed by atoms with E-state index in [-0.39, 0.29) is 18.0 Å². The molecule has 0 aliphatic carbocycles. The van der Waals surface area contributed by atoms with Crippen LogP contribution in [0.2, 0.25) is 0 Å². The van der Waals surface area contributed by atoms with Crippen LogP contribution in [0.4, 0.5) is 0 Å². The highest BCUT2D eigenvalue weighted by Gasteiger charge is 2.29. The van der Waals surface area contributed by atoms with Crippen LogP contribution >= 0.6 is 0 Å². The number of nitrogens with one attached hydrogen (secondary N) is 1. The van der Waals surface area contributed by atoms with Crippen molar-refractivity contribution in [1.29, 1.82) is 0 Å². The Hall–Kier alpha value is -2.96. The molecule has 1 aliphatic rings. The molecule has 1 N–H and O–H groups in total. The number of piperazine rings is 1. The second-order valence-electron chi connectivity index (χ2n) is 8.22. The zero-order chi connectivity index (χ0) is 21.6. The number of hydrogen-bond acceptors (Lipinski definition) is 4. The highest BCUT2D eigenvalue weighted by atomic mass is 16.2. The third-order valence-electron chi connectivity index (χ3n) is 6.03. The molecule has 0 spiro atoms. The van der Waals surface area contributed by atoms with Crippen molar-refractivity contribution in [2.75, 3.05) is 32.7 Å². The van der Waals surface area contributed by atoms with E-state index < -0.39 is 0 Å². The first kappa shape index (κ1) is 21.3. The maximum atomic E-state index is 12.6. The average Bonchev–Trinajstić information content (AvgIpc) is 3.22. The van der Waals surface area contributed by atoms with Crippen LogP contribution < -0.4 is 5.32 Å². The number of carbonyl (C=O) groups excluding carboxylic acids is 1. The van der Waals surface area contributed by atoms with E-state index in [2.05, 4.69) is 48.9 Å². The molecule has 0 saturated carbocycles. The Kier molecular flexibility index (Phi) is 6.79. The smallest absolute Gasteiger partial charge is 0.234 e. The van der Waals surface area contributed by atoms with E-state index >= 15 is 0 Å². The van der Waals surface area contributed by atoms with Gasteiger partial charge >= 0.3 is 0 Å². The molecule has 0 bridgehead atoms. The van der Waals surface area contributed by atoms with Gasteiger partial charge in [-0.2, -0.15) is 0 Å². The lowest BCUT2D eigenvalue weighted by Gasteiger charge is -2.39. The number of imidazole rings is 1. The van der Waals surface area contributed by atoms with E-state index in [1.807, 2.05) is 62.8 Å².